The van der Waals surface area contributed by atoms with Crippen molar-refractivity contribution < 1.29 is 0 Å². The van der Waals surface area contributed by atoms with E-state index >= 15 is 0 Å². The maximum atomic E-state index is 5.75. The minimum Gasteiger partial charge on any atom is -0.397 e. The zero-order chi connectivity index (χ0) is 7.56. The number of nitrogens with two attached hydrogens (primary N) is 1. The molecule has 0 radical (unpaired) electrons. The molecule has 54 valence electrons. The number of benzene rings is 1. The molecule has 0 heterocycles. The third-order valence-corrected chi connectivity index (χ3v) is 2.36. The van der Waals surface area contributed by atoms with Crippen molar-refractivity contribution in [2.75, 3.05) is 12.0 Å². The van der Waals surface area contributed by atoms with E-state index in [0.29, 0.717) is 10.7 Å². The Labute approximate surface area is 69.6 Å². The van der Waals surface area contributed by atoms with Crippen molar-refractivity contribution in [2.24, 2.45) is 0 Å². The van der Waals surface area contributed by atoms with E-state index in [1.165, 1.54) is 0 Å². The normalized spacial score (nSPS) is 9.80. The largest absolute Gasteiger partial charge is 0.397 e. The molecule has 0 aliphatic carbocycles. The smallest absolute Gasteiger partial charge is 0.0646 e. The Morgan fingerprint density at radius 3 is 2.70 bits per heavy atom. The van der Waals surface area contributed by atoms with Crippen molar-refractivity contribution in [1.82, 2.24) is 0 Å². The summed E-state index contributed by atoms with van der Waals surface area (Å²) in [6.45, 7) is 0. The highest BCUT2D eigenvalue weighted by atomic mass is 35.5. The van der Waals surface area contributed by atoms with Gasteiger partial charge in [-0.1, -0.05) is 17.7 Å². The van der Waals surface area contributed by atoms with Crippen molar-refractivity contribution in [3.8, 4) is 0 Å². The lowest BCUT2D eigenvalue weighted by molar-refractivity contribution is 1.47. The molecular weight excluding hydrogens is 166 g/mol. The average molecular weight is 174 g/mol. The molecule has 0 amide bonds. The maximum absolute atomic E-state index is 5.75. The summed E-state index contributed by atoms with van der Waals surface area (Å²) in [7, 11) is 0. The lowest BCUT2D eigenvalue weighted by Gasteiger charge is -2.01. The molecule has 0 aromatic heterocycles. The third-order valence-electron chi connectivity index (χ3n) is 1.23. The molecule has 1 aromatic carbocycles. The molecular formula is C7H8ClNS. The van der Waals surface area contributed by atoms with Crippen LogP contribution < -0.4 is 5.73 Å². The topological polar surface area (TPSA) is 26.0 Å². The van der Waals surface area contributed by atoms with Crippen LogP contribution >= 0.6 is 23.4 Å². The zero-order valence-electron chi connectivity index (χ0n) is 5.60. The van der Waals surface area contributed by atoms with E-state index in [-0.39, 0.29) is 0 Å². The Kier molecular flexibility index (Phi) is 2.46. The van der Waals surface area contributed by atoms with Crippen molar-refractivity contribution in [3.05, 3.63) is 23.2 Å². The number of rotatable bonds is 1. The number of para-hydroxylation sites is 1. The van der Waals surface area contributed by atoms with Gasteiger partial charge in [-0.15, -0.1) is 11.8 Å². The molecule has 0 aliphatic rings. The molecule has 0 bridgehead atoms. The van der Waals surface area contributed by atoms with Gasteiger partial charge >= 0.3 is 0 Å². The molecule has 1 aromatic rings. The molecule has 0 atom stereocenters. The molecule has 0 fully saturated rings. The zero-order valence-corrected chi connectivity index (χ0v) is 7.17. The molecule has 10 heavy (non-hydrogen) atoms. The van der Waals surface area contributed by atoms with Crippen LogP contribution in [0.15, 0.2) is 23.1 Å². The Bertz CT molecular complexity index is 237. The Balaban J connectivity index is 3.14. The van der Waals surface area contributed by atoms with Crippen LogP contribution in [0.25, 0.3) is 0 Å². The maximum Gasteiger partial charge on any atom is 0.0646 e. The van der Waals surface area contributed by atoms with Crippen LogP contribution in [-0.4, -0.2) is 6.26 Å². The summed E-state index contributed by atoms with van der Waals surface area (Å²) in [5.74, 6) is 0. The standard InChI is InChI=1S/C7H8ClNS/c1-10-6-4-2-3-5(8)7(6)9/h2-4H,9H2,1H3. The second-order valence-electron chi connectivity index (χ2n) is 1.86. The first-order chi connectivity index (χ1) is 4.75. The van der Waals surface area contributed by atoms with E-state index in [1.807, 2.05) is 18.4 Å². The summed E-state index contributed by atoms with van der Waals surface area (Å²) in [6.07, 6.45) is 1.97. The summed E-state index contributed by atoms with van der Waals surface area (Å²) in [5.41, 5.74) is 6.32. The van der Waals surface area contributed by atoms with E-state index < -0.39 is 0 Å². The number of anilines is 1. The fraction of sp³-hybridized carbons (Fsp3) is 0.143. The Hall–Kier alpha value is -0.340. The number of nitrogen functional groups attached to an aromatic ring is 1. The number of hydrogen-bond acceptors (Lipinski definition) is 2. The van der Waals surface area contributed by atoms with Crippen LogP contribution in [-0.2, 0) is 0 Å². The number of thioether (sulfide) groups is 1. The highest BCUT2D eigenvalue weighted by Gasteiger charge is 1.99. The predicted octanol–water partition coefficient (Wildman–Crippen LogP) is 2.64. The van der Waals surface area contributed by atoms with E-state index in [0.717, 1.165) is 4.90 Å². The van der Waals surface area contributed by atoms with Gasteiger partial charge in [0, 0.05) is 4.90 Å². The van der Waals surface area contributed by atoms with Gasteiger partial charge < -0.3 is 5.73 Å². The van der Waals surface area contributed by atoms with E-state index in [4.69, 9.17) is 17.3 Å². The Morgan fingerprint density at radius 2 is 2.20 bits per heavy atom. The molecule has 0 aliphatic heterocycles. The van der Waals surface area contributed by atoms with Gasteiger partial charge in [0.25, 0.3) is 0 Å². The monoisotopic (exact) mass is 173 g/mol. The van der Waals surface area contributed by atoms with Gasteiger partial charge in [-0.3, -0.25) is 0 Å². The third kappa shape index (κ3) is 1.39. The highest BCUT2D eigenvalue weighted by molar-refractivity contribution is 7.98. The fourth-order valence-corrected chi connectivity index (χ4v) is 1.47. The van der Waals surface area contributed by atoms with Gasteiger partial charge in [0.15, 0.2) is 0 Å². The lowest BCUT2D eigenvalue weighted by atomic mass is 10.3. The summed E-state index contributed by atoms with van der Waals surface area (Å²) in [5, 5.41) is 0.631. The van der Waals surface area contributed by atoms with E-state index in [9.17, 15) is 0 Å². The molecule has 0 spiro atoms. The van der Waals surface area contributed by atoms with Crippen molar-refractivity contribution in [2.45, 2.75) is 4.90 Å². The molecule has 2 N–H and O–H groups in total. The van der Waals surface area contributed by atoms with Crippen LogP contribution in [0.2, 0.25) is 5.02 Å². The van der Waals surface area contributed by atoms with Gasteiger partial charge in [-0.05, 0) is 18.4 Å². The summed E-state index contributed by atoms with van der Waals surface area (Å²) >= 11 is 7.35. The van der Waals surface area contributed by atoms with Gasteiger partial charge in [0.2, 0.25) is 0 Å². The van der Waals surface area contributed by atoms with Gasteiger partial charge in [0.05, 0.1) is 10.7 Å². The van der Waals surface area contributed by atoms with Crippen LogP contribution in [0.4, 0.5) is 5.69 Å². The van der Waals surface area contributed by atoms with Crippen molar-refractivity contribution in [1.29, 1.82) is 0 Å². The molecule has 0 saturated heterocycles. The van der Waals surface area contributed by atoms with Crippen molar-refractivity contribution >= 4 is 29.1 Å². The second kappa shape index (κ2) is 3.17. The second-order valence-corrected chi connectivity index (χ2v) is 3.11. The molecule has 1 rings (SSSR count). The minimum absolute atomic E-state index is 0.631. The predicted molar refractivity (Wildman–Crippen MR) is 47.6 cm³/mol. The SMILES string of the molecule is CSc1cccc(Cl)c1N. The van der Waals surface area contributed by atoms with Crippen LogP contribution in [0.1, 0.15) is 0 Å². The highest BCUT2D eigenvalue weighted by Crippen LogP contribution is 2.28. The van der Waals surface area contributed by atoms with Gasteiger partial charge in [0.1, 0.15) is 0 Å². The first kappa shape index (κ1) is 7.76. The van der Waals surface area contributed by atoms with E-state index in [2.05, 4.69) is 0 Å². The summed E-state index contributed by atoms with van der Waals surface area (Å²) in [6, 6.07) is 5.63. The van der Waals surface area contributed by atoms with Crippen LogP contribution in [0, 0.1) is 0 Å². The average Bonchev–Trinajstić information content (AvgIpc) is 1.95. The van der Waals surface area contributed by atoms with Crippen molar-refractivity contribution in [3.63, 3.8) is 0 Å². The lowest BCUT2D eigenvalue weighted by Crippen LogP contribution is -1.88. The minimum atomic E-state index is 0.631. The van der Waals surface area contributed by atoms with Crippen LogP contribution in [0.5, 0.6) is 0 Å². The number of halogens is 1. The number of hydrogen-bond donors (Lipinski definition) is 1. The summed E-state index contributed by atoms with van der Waals surface area (Å²) in [4.78, 5) is 1.03. The molecule has 1 nitrogen and oxygen atoms in total. The Morgan fingerprint density at radius 1 is 1.50 bits per heavy atom. The van der Waals surface area contributed by atoms with Gasteiger partial charge in [-0.25, -0.2) is 0 Å². The first-order valence-corrected chi connectivity index (χ1v) is 4.44. The molecule has 0 unspecified atom stereocenters. The van der Waals surface area contributed by atoms with E-state index in [1.54, 1.807) is 17.8 Å². The van der Waals surface area contributed by atoms with Gasteiger partial charge in [-0.2, -0.15) is 0 Å². The first-order valence-electron chi connectivity index (χ1n) is 2.83. The van der Waals surface area contributed by atoms with Crippen LogP contribution in [0.3, 0.4) is 0 Å². The quantitative estimate of drug-likeness (QED) is 0.522. The summed E-state index contributed by atoms with van der Waals surface area (Å²) < 4.78 is 0. The fourth-order valence-electron chi connectivity index (χ4n) is 0.695. The molecule has 3 heteroatoms. The molecule has 0 saturated carbocycles.